The number of thiazole rings is 1. The fourth-order valence-electron chi connectivity index (χ4n) is 3.39. The summed E-state index contributed by atoms with van der Waals surface area (Å²) in [5, 5.41) is 0. The maximum Gasteiger partial charge on any atom is 0.281 e. The Morgan fingerprint density at radius 2 is 1.82 bits per heavy atom. The fraction of sp³-hybridized carbons (Fsp3) is 0.167. The summed E-state index contributed by atoms with van der Waals surface area (Å²) < 4.78 is 50.1. The zero-order valence-electron chi connectivity index (χ0n) is 18.5. The number of ether oxygens (including phenoxy) is 1. The first kappa shape index (κ1) is 23.8. The number of nitrogens with one attached hydrogen (secondary N) is 1. The third kappa shape index (κ3) is 4.93. The molecule has 3 aromatic carbocycles. The Balaban J connectivity index is 1.75. The highest BCUT2D eigenvalue weighted by Gasteiger charge is 2.19. The van der Waals surface area contributed by atoms with Crippen molar-refractivity contribution in [3.63, 3.8) is 0 Å². The van der Waals surface area contributed by atoms with E-state index in [1.807, 2.05) is 6.92 Å². The number of carbonyl (C=O) groups is 1. The van der Waals surface area contributed by atoms with Crippen LogP contribution in [0.25, 0.3) is 10.2 Å². The van der Waals surface area contributed by atoms with Crippen molar-refractivity contribution in [2.24, 2.45) is 4.99 Å². The number of hydrogen-bond acceptors (Lipinski definition) is 5. The fourth-order valence-corrected chi connectivity index (χ4v) is 5.54. The molecule has 1 N–H and O–H groups in total. The van der Waals surface area contributed by atoms with Crippen LogP contribution in [0.2, 0.25) is 0 Å². The van der Waals surface area contributed by atoms with Crippen LogP contribution in [-0.2, 0) is 21.3 Å². The minimum Gasteiger partial charge on any atom is -0.383 e. The van der Waals surface area contributed by atoms with Gasteiger partial charge < -0.3 is 9.30 Å². The van der Waals surface area contributed by atoms with E-state index in [2.05, 4.69) is 9.71 Å². The molecule has 4 rings (SSSR count). The lowest BCUT2D eigenvalue weighted by Gasteiger charge is -2.11. The van der Waals surface area contributed by atoms with Gasteiger partial charge in [0.25, 0.3) is 15.9 Å². The number of amides is 1. The lowest BCUT2D eigenvalue weighted by Crippen LogP contribution is -2.20. The SMILES string of the molecule is COCCn1c(=NC(=O)c2ccccc2NS(=O)(=O)c2ccc(C)cc2)sc2cccc(F)c21. The van der Waals surface area contributed by atoms with Crippen LogP contribution in [0.3, 0.4) is 0 Å². The summed E-state index contributed by atoms with van der Waals surface area (Å²) in [6.45, 7) is 2.46. The second-order valence-corrected chi connectivity index (χ2v) is 10.2. The molecule has 1 amide bonds. The summed E-state index contributed by atoms with van der Waals surface area (Å²) in [5.41, 5.74) is 1.45. The molecule has 0 fully saturated rings. The topological polar surface area (TPSA) is 89.8 Å². The summed E-state index contributed by atoms with van der Waals surface area (Å²) >= 11 is 1.17. The van der Waals surface area contributed by atoms with Crippen molar-refractivity contribution in [1.82, 2.24) is 4.57 Å². The van der Waals surface area contributed by atoms with Gasteiger partial charge in [-0.15, -0.1) is 0 Å². The van der Waals surface area contributed by atoms with E-state index in [9.17, 15) is 17.6 Å². The molecule has 176 valence electrons. The molecular formula is C24H22FN3O4S2. The molecule has 0 unspecified atom stereocenters. The van der Waals surface area contributed by atoms with Gasteiger partial charge >= 0.3 is 0 Å². The van der Waals surface area contributed by atoms with Crippen molar-refractivity contribution in [2.75, 3.05) is 18.4 Å². The first-order valence-corrected chi connectivity index (χ1v) is 12.6. The van der Waals surface area contributed by atoms with Gasteiger partial charge in [-0.3, -0.25) is 9.52 Å². The molecule has 0 saturated heterocycles. The number of hydrogen-bond donors (Lipinski definition) is 1. The van der Waals surface area contributed by atoms with Crippen LogP contribution in [0, 0.1) is 12.7 Å². The van der Waals surface area contributed by atoms with Gasteiger partial charge in [0.15, 0.2) is 4.80 Å². The van der Waals surface area contributed by atoms with Gasteiger partial charge in [-0.25, -0.2) is 12.8 Å². The molecular weight excluding hydrogens is 477 g/mol. The van der Waals surface area contributed by atoms with Crippen LogP contribution in [0.1, 0.15) is 15.9 Å². The van der Waals surface area contributed by atoms with Crippen molar-refractivity contribution in [1.29, 1.82) is 0 Å². The zero-order chi connectivity index (χ0) is 24.3. The minimum atomic E-state index is -3.92. The molecule has 0 aliphatic rings. The standard InChI is InChI=1S/C24H22FN3O4S2/c1-16-10-12-17(13-11-16)34(30,31)27-20-8-4-3-6-18(20)23(29)26-24-28(14-15-32-2)22-19(25)7-5-9-21(22)33-24/h3-13,27H,14-15H2,1-2H3. The van der Waals surface area contributed by atoms with Crippen molar-refractivity contribution >= 4 is 43.2 Å². The number of aromatic nitrogens is 1. The van der Waals surface area contributed by atoms with E-state index in [0.717, 1.165) is 5.56 Å². The number of halogens is 1. The smallest absolute Gasteiger partial charge is 0.281 e. The first-order valence-electron chi connectivity index (χ1n) is 10.3. The van der Waals surface area contributed by atoms with E-state index in [4.69, 9.17) is 4.74 Å². The molecule has 1 heterocycles. The maximum atomic E-state index is 14.5. The number of methoxy groups -OCH3 is 1. The number of rotatable bonds is 7. The van der Waals surface area contributed by atoms with E-state index < -0.39 is 21.7 Å². The summed E-state index contributed by atoms with van der Waals surface area (Å²) in [4.78, 5) is 17.7. The van der Waals surface area contributed by atoms with E-state index in [-0.39, 0.29) is 16.1 Å². The number of anilines is 1. The van der Waals surface area contributed by atoms with Crippen LogP contribution in [0.4, 0.5) is 10.1 Å². The molecule has 34 heavy (non-hydrogen) atoms. The van der Waals surface area contributed by atoms with E-state index in [1.54, 1.807) is 41.0 Å². The Hall–Kier alpha value is -3.34. The highest BCUT2D eigenvalue weighted by atomic mass is 32.2. The third-order valence-corrected chi connectivity index (χ3v) is 7.53. The Morgan fingerprint density at radius 3 is 2.56 bits per heavy atom. The second-order valence-electron chi connectivity index (χ2n) is 7.50. The lowest BCUT2D eigenvalue weighted by molar-refractivity contribution is 0.0998. The average Bonchev–Trinajstić information content (AvgIpc) is 3.16. The number of nitrogens with zero attached hydrogens (tertiary/aromatic N) is 2. The van der Waals surface area contributed by atoms with Gasteiger partial charge in [-0.1, -0.05) is 47.2 Å². The Bertz CT molecular complexity index is 1520. The number of sulfonamides is 1. The molecule has 0 bridgehead atoms. The van der Waals surface area contributed by atoms with Gasteiger partial charge in [0.2, 0.25) is 0 Å². The molecule has 10 heteroatoms. The minimum absolute atomic E-state index is 0.0782. The largest absolute Gasteiger partial charge is 0.383 e. The normalized spacial score (nSPS) is 12.3. The lowest BCUT2D eigenvalue weighted by atomic mass is 10.2. The maximum absolute atomic E-state index is 14.5. The third-order valence-electron chi connectivity index (χ3n) is 5.10. The number of fused-ring (bicyclic) bond motifs is 1. The van der Waals surface area contributed by atoms with Crippen molar-refractivity contribution in [3.8, 4) is 0 Å². The van der Waals surface area contributed by atoms with Gasteiger partial charge in [-0.05, 0) is 43.3 Å². The molecule has 0 radical (unpaired) electrons. The van der Waals surface area contributed by atoms with Crippen molar-refractivity contribution in [2.45, 2.75) is 18.4 Å². The molecule has 7 nitrogen and oxygen atoms in total. The quantitative estimate of drug-likeness (QED) is 0.410. The predicted octanol–water partition coefficient (Wildman–Crippen LogP) is 4.34. The predicted molar refractivity (Wildman–Crippen MR) is 130 cm³/mol. The second kappa shape index (κ2) is 9.88. The van der Waals surface area contributed by atoms with E-state index in [0.29, 0.717) is 28.2 Å². The molecule has 0 spiro atoms. The van der Waals surface area contributed by atoms with Gasteiger partial charge in [0, 0.05) is 13.7 Å². The summed E-state index contributed by atoms with van der Waals surface area (Å²) in [6.07, 6.45) is 0. The first-order chi connectivity index (χ1) is 16.3. The number of carbonyl (C=O) groups excluding carboxylic acids is 1. The Morgan fingerprint density at radius 1 is 1.09 bits per heavy atom. The number of aryl methyl sites for hydroxylation is 1. The molecule has 0 atom stereocenters. The van der Waals surface area contributed by atoms with E-state index >= 15 is 0 Å². The van der Waals surface area contributed by atoms with Crippen LogP contribution < -0.4 is 9.52 Å². The van der Waals surface area contributed by atoms with Crippen LogP contribution in [-0.4, -0.2) is 32.6 Å². The summed E-state index contributed by atoms with van der Waals surface area (Å²) in [5.74, 6) is -1.08. The summed E-state index contributed by atoms with van der Waals surface area (Å²) in [6, 6.07) is 17.3. The summed E-state index contributed by atoms with van der Waals surface area (Å²) in [7, 11) is -2.39. The van der Waals surface area contributed by atoms with E-state index in [1.165, 1.54) is 48.8 Å². The highest BCUT2D eigenvalue weighted by molar-refractivity contribution is 7.92. The van der Waals surface area contributed by atoms with Gasteiger partial charge in [0.1, 0.15) is 5.82 Å². The van der Waals surface area contributed by atoms with Crippen molar-refractivity contribution < 1.29 is 22.3 Å². The molecule has 0 aliphatic heterocycles. The monoisotopic (exact) mass is 499 g/mol. The number of para-hydroxylation sites is 2. The molecule has 1 aromatic heterocycles. The van der Waals surface area contributed by atoms with Gasteiger partial charge in [0.05, 0.1) is 33.0 Å². The average molecular weight is 500 g/mol. The zero-order valence-corrected chi connectivity index (χ0v) is 20.1. The molecule has 4 aromatic rings. The van der Waals surface area contributed by atoms with Crippen molar-refractivity contribution in [3.05, 3.63) is 88.5 Å². The van der Waals surface area contributed by atoms with Crippen LogP contribution >= 0.6 is 11.3 Å². The highest BCUT2D eigenvalue weighted by Crippen LogP contribution is 2.23. The Kier molecular flexibility index (Phi) is 6.92. The molecule has 0 aliphatic carbocycles. The van der Waals surface area contributed by atoms with Gasteiger partial charge in [-0.2, -0.15) is 4.99 Å². The number of benzene rings is 3. The van der Waals surface area contributed by atoms with Crippen LogP contribution in [0.15, 0.2) is 76.6 Å². The van der Waals surface area contributed by atoms with Crippen LogP contribution in [0.5, 0.6) is 0 Å². The molecule has 0 saturated carbocycles. The Labute approximate surface area is 200 Å².